The van der Waals surface area contributed by atoms with Gasteiger partial charge < -0.3 is 14.6 Å². The van der Waals surface area contributed by atoms with E-state index in [1.165, 1.54) is 0 Å². The van der Waals surface area contributed by atoms with Gasteiger partial charge in [-0.2, -0.15) is 5.26 Å². The van der Waals surface area contributed by atoms with Gasteiger partial charge in [0.15, 0.2) is 0 Å². The van der Waals surface area contributed by atoms with E-state index >= 15 is 0 Å². The summed E-state index contributed by atoms with van der Waals surface area (Å²) in [7, 11) is 3.10. The number of benzene rings is 1. The van der Waals surface area contributed by atoms with Gasteiger partial charge in [0.25, 0.3) is 0 Å². The smallest absolute Gasteiger partial charge is 0.124 e. The molecule has 18 heavy (non-hydrogen) atoms. The minimum atomic E-state index is -0.861. The standard InChI is InChI=1S/C14H19NO3/c1-4-5-10(9-15)14(16)12-8-11(17-2)6-7-13(12)18-3/h6-8,10,14,16H,4-5H2,1-3H3. The number of aliphatic hydroxyl groups excluding tert-OH is 1. The maximum Gasteiger partial charge on any atom is 0.124 e. The van der Waals surface area contributed by atoms with Gasteiger partial charge in [-0.05, 0) is 24.6 Å². The normalized spacial score (nSPS) is 13.5. The van der Waals surface area contributed by atoms with Crippen molar-refractivity contribution in [1.29, 1.82) is 5.26 Å². The molecule has 0 aliphatic carbocycles. The molecule has 2 unspecified atom stereocenters. The summed E-state index contributed by atoms with van der Waals surface area (Å²) in [5.41, 5.74) is 0.594. The third-order valence-corrected chi connectivity index (χ3v) is 2.90. The zero-order chi connectivity index (χ0) is 13.5. The van der Waals surface area contributed by atoms with Gasteiger partial charge in [-0.15, -0.1) is 0 Å². The molecule has 0 amide bonds. The lowest BCUT2D eigenvalue weighted by molar-refractivity contribution is 0.126. The monoisotopic (exact) mass is 249 g/mol. The molecule has 98 valence electrons. The molecule has 4 heteroatoms. The van der Waals surface area contributed by atoms with Crippen molar-refractivity contribution in [2.24, 2.45) is 5.92 Å². The molecule has 0 bridgehead atoms. The Labute approximate surface area is 108 Å². The zero-order valence-electron chi connectivity index (χ0n) is 11.0. The molecule has 0 aliphatic heterocycles. The fraction of sp³-hybridized carbons (Fsp3) is 0.500. The quantitative estimate of drug-likeness (QED) is 0.842. The average Bonchev–Trinajstić information content (AvgIpc) is 2.43. The molecule has 4 nitrogen and oxygen atoms in total. The lowest BCUT2D eigenvalue weighted by Crippen LogP contribution is -2.12. The van der Waals surface area contributed by atoms with E-state index < -0.39 is 12.0 Å². The number of hydrogen-bond donors (Lipinski definition) is 1. The van der Waals surface area contributed by atoms with Crippen LogP contribution in [0.2, 0.25) is 0 Å². The van der Waals surface area contributed by atoms with Crippen molar-refractivity contribution < 1.29 is 14.6 Å². The first-order valence-electron chi connectivity index (χ1n) is 5.97. The van der Waals surface area contributed by atoms with Crippen LogP contribution in [0.1, 0.15) is 31.4 Å². The second-order valence-electron chi connectivity index (χ2n) is 4.08. The lowest BCUT2D eigenvalue weighted by atomic mass is 9.92. The zero-order valence-corrected chi connectivity index (χ0v) is 11.0. The molecule has 0 spiro atoms. The largest absolute Gasteiger partial charge is 0.497 e. The van der Waals surface area contributed by atoms with Crippen molar-refractivity contribution in [2.75, 3.05) is 14.2 Å². The van der Waals surface area contributed by atoms with Crippen LogP contribution in [0.15, 0.2) is 18.2 Å². The highest BCUT2D eigenvalue weighted by Crippen LogP contribution is 2.34. The van der Waals surface area contributed by atoms with Gasteiger partial charge in [-0.1, -0.05) is 13.3 Å². The van der Waals surface area contributed by atoms with Gasteiger partial charge in [0.2, 0.25) is 0 Å². The van der Waals surface area contributed by atoms with Crippen LogP contribution in [0.5, 0.6) is 11.5 Å². The number of rotatable bonds is 6. The molecule has 1 N–H and O–H groups in total. The van der Waals surface area contributed by atoms with Crippen LogP contribution in [0.25, 0.3) is 0 Å². The molecule has 2 atom stereocenters. The summed E-state index contributed by atoms with van der Waals surface area (Å²) in [5.74, 6) is 0.772. The third-order valence-electron chi connectivity index (χ3n) is 2.90. The Morgan fingerprint density at radius 2 is 2.06 bits per heavy atom. The van der Waals surface area contributed by atoms with Crippen LogP contribution in [-0.4, -0.2) is 19.3 Å². The molecule has 1 rings (SSSR count). The van der Waals surface area contributed by atoms with E-state index in [9.17, 15) is 5.11 Å². The van der Waals surface area contributed by atoms with Gasteiger partial charge in [0.1, 0.15) is 11.5 Å². The second-order valence-corrected chi connectivity index (χ2v) is 4.08. The van der Waals surface area contributed by atoms with E-state index in [-0.39, 0.29) is 0 Å². The summed E-state index contributed by atoms with van der Waals surface area (Å²) < 4.78 is 10.3. The highest BCUT2D eigenvalue weighted by molar-refractivity contribution is 5.42. The number of nitriles is 1. The highest BCUT2D eigenvalue weighted by Gasteiger charge is 2.23. The average molecular weight is 249 g/mol. The molecule has 0 heterocycles. The topological polar surface area (TPSA) is 62.5 Å². The van der Waals surface area contributed by atoms with Crippen molar-refractivity contribution in [1.82, 2.24) is 0 Å². The first-order valence-corrected chi connectivity index (χ1v) is 5.97. The van der Waals surface area contributed by atoms with Gasteiger partial charge in [0.05, 0.1) is 32.3 Å². The molecule has 0 radical (unpaired) electrons. The number of hydrogen-bond acceptors (Lipinski definition) is 4. The fourth-order valence-corrected chi connectivity index (χ4v) is 1.89. The minimum absolute atomic E-state index is 0.434. The fourth-order valence-electron chi connectivity index (χ4n) is 1.89. The Balaban J connectivity index is 3.09. The van der Waals surface area contributed by atoms with Crippen LogP contribution in [0.3, 0.4) is 0 Å². The van der Waals surface area contributed by atoms with E-state index in [2.05, 4.69) is 6.07 Å². The van der Waals surface area contributed by atoms with E-state index in [4.69, 9.17) is 14.7 Å². The SMILES string of the molecule is CCCC(C#N)C(O)c1cc(OC)ccc1OC. The summed E-state index contributed by atoms with van der Waals surface area (Å²) in [6, 6.07) is 7.35. The summed E-state index contributed by atoms with van der Waals surface area (Å²) in [6.07, 6.45) is 0.638. The summed E-state index contributed by atoms with van der Waals surface area (Å²) in [5, 5.41) is 19.4. The van der Waals surface area contributed by atoms with E-state index in [0.29, 0.717) is 23.5 Å². The molecule has 1 aromatic carbocycles. The Bertz CT molecular complexity index is 426. The van der Waals surface area contributed by atoms with Crippen LogP contribution < -0.4 is 9.47 Å². The molecular formula is C14H19NO3. The summed E-state index contributed by atoms with van der Waals surface area (Å²) >= 11 is 0. The summed E-state index contributed by atoms with van der Waals surface area (Å²) in [6.45, 7) is 1.99. The molecule has 0 saturated heterocycles. The highest BCUT2D eigenvalue weighted by atomic mass is 16.5. The number of nitrogens with zero attached hydrogens (tertiary/aromatic N) is 1. The van der Waals surface area contributed by atoms with Crippen LogP contribution in [-0.2, 0) is 0 Å². The molecule has 1 aromatic rings. The minimum Gasteiger partial charge on any atom is -0.497 e. The van der Waals surface area contributed by atoms with E-state index in [1.54, 1.807) is 32.4 Å². The second kappa shape index (κ2) is 6.87. The summed E-state index contributed by atoms with van der Waals surface area (Å²) in [4.78, 5) is 0. The van der Waals surface area contributed by atoms with Crippen molar-refractivity contribution in [3.63, 3.8) is 0 Å². The number of methoxy groups -OCH3 is 2. The number of aliphatic hydroxyl groups is 1. The molecule has 0 aromatic heterocycles. The first-order chi connectivity index (χ1) is 8.67. The Kier molecular flexibility index (Phi) is 5.47. The van der Waals surface area contributed by atoms with Crippen molar-refractivity contribution in [3.8, 4) is 17.6 Å². The van der Waals surface area contributed by atoms with Crippen molar-refractivity contribution in [2.45, 2.75) is 25.9 Å². The van der Waals surface area contributed by atoms with Crippen molar-refractivity contribution in [3.05, 3.63) is 23.8 Å². The van der Waals surface area contributed by atoms with Crippen LogP contribution in [0, 0.1) is 17.2 Å². The van der Waals surface area contributed by atoms with E-state index in [0.717, 1.165) is 6.42 Å². The first kappa shape index (κ1) is 14.3. The Morgan fingerprint density at radius 3 is 2.56 bits per heavy atom. The Hall–Kier alpha value is -1.73. The van der Waals surface area contributed by atoms with Gasteiger partial charge in [-0.3, -0.25) is 0 Å². The molecule has 0 aliphatic rings. The lowest BCUT2D eigenvalue weighted by Gasteiger charge is -2.19. The predicted molar refractivity (Wildman–Crippen MR) is 68.5 cm³/mol. The van der Waals surface area contributed by atoms with Crippen LogP contribution in [0.4, 0.5) is 0 Å². The van der Waals surface area contributed by atoms with E-state index in [1.807, 2.05) is 6.92 Å². The number of ether oxygens (including phenoxy) is 2. The van der Waals surface area contributed by atoms with Gasteiger partial charge >= 0.3 is 0 Å². The van der Waals surface area contributed by atoms with Crippen molar-refractivity contribution >= 4 is 0 Å². The molecular weight excluding hydrogens is 230 g/mol. The molecule has 0 saturated carbocycles. The van der Waals surface area contributed by atoms with Crippen LogP contribution >= 0.6 is 0 Å². The third kappa shape index (κ3) is 3.14. The maximum atomic E-state index is 10.3. The molecule has 0 fully saturated rings. The maximum absolute atomic E-state index is 10.3. The predicted octanol–water partition coefficient (Wildman–Crippen LogP) is 2.68. The van der Waals surface area contributed by atoms with Gasteiger partial charge in [0, 0.05) is 5.56 Å². The Morgan fingerprint density at radius 1 is 1.33 bits per heavy atom. The van der Waals surface area contributed by atoms with Gasteiger partial charge in [-0.25, -0.2) is 0 Å².